The van der Waals surface area contributed by atoms with Gasteiger partial charge in [0.15, 0.2) is 0 Å². The van der Waals surface area contributed by atoms with E-state index in [0.717, 1.165) is 6.54 Å². The summed E-state index contributed by atoms with van der Waals surface area (Å²) in [5, 5.41) is 10.1. The van der Waals surface area contributed by atoms with E-state index < -0.39 is 34.3 Å². The van der Waals surface area contributed by atoms with Crippen molar-refractivity contribution in [2.24, 2.45) is 0 Å². The Morgan fingerprint density at radius 3 is 1.89 bits per heavy atom. The Kier molecular flexibility index (Phi) is 15.3. The predicted molar refractivity (Wildman–Crippen MR) is 149 cm³/mol. The molecule has 0 saturated heterocycles. The fourth-order valence-corrected chi connectivity index (χ4v) is 3.49. The van der Waals surface area contributed by atoms with Crippen molar-refractivity contribution in [3.63, 3.8) is 0 Å². The number of carbonyl (C=O) groups is 2. The van der Waals surface area contributed by atoms with Gasteiger partial charge in [0.1, 0.15) is 11.2 Å². The first-order valence-electron chi connectivity index (χ1n) is 13.6. The number of rotatable bonds is 20. The Bertz CT molecular complexity index is 739. The topological polar surface area (TPSA) is 104 Å². The monoisotopic (exact) mass is 545 g/mol. The normalized spacial score (nSPS) is 13.9. The molecule has 0 aromatic carbocycles. The lowest BCUT2D eigenvalue weighted by Crippen LogP contribution is -2.40. The summed E-state index contributed by atoms with van der Waals surface area (Å²) in [5.74, 6) is -1.58. The van der Waals surface area contributed by atoms with Gasteiger partial charge in [0, 0.05) is 25.9 Å². The Balaban J connectivity index is 5.11. The third kappa shape index (κ3) is 17.1. The highest BCUT2D eigenvalue weighted by Gasteiger charge is 2.33. The second kappa shape index (κ2) is 15.9. The minimum Gasteiger partial charge on any atom is -0.462 e. The van der Waals surface area contributed by atoms with E-state index in [2.05, 4.69) is 32.3 Å². The van der Waals surface area contributed by atoms with Crippen molar-refractivity contribution in [1.82, 2.24) is 4.90 Å². The zero-order valence-electron chi connectivity index (χ0n) is 25.9. The van der Waals surface area contributed by atoms with Crippen molar-refractivity contribution in [3.05, 3.63) is 12.2 Å². The highest BCUT2D eigenvalue weighted by molar-refractivity contribution is 6.13. The number of nitrogens with zero attached hydrogens (tertiary/aromatic N) is 1. The second-order valence-corrected chi connectivity index (χ2v) is 12.4. The summed E-state index contributed by atoms with van der Waals surface area (Å²) >= 11 is 0. The first kappa shape index (κ1) is 36.5. The summed E-state index contributed by atoms with van der Waals surface area (Å²) in [4.78, 5) is 26.1. The molecule has 38 heavy (non-hydrogen) atoms. The average Bonchev–Trinajstić information content (AvgIpc) is 2.74. The third-order valence-corrected chi connectivity index (χ3v) is 6.06. The number of hydrogen-bond acceptors (Lipinski definition) is 9. The van der Waals surface area contributed by atoms with E-state index in [-0.39, 0.29) is 18.3 Å². The van der Waals surface area contributed by atoms with E-state index in [9.17, 15) is 14.7 Å². The van der Waals surface area contributed by atoms with Gasteiger partial charge in [0.05, 0.1) is 42.9 Å². The fourth-order valence-electron chi connectivity index (χ4n) is 3.49. The highest BCUT2D eigenvalue weighted by atomic mass is 16.6. The molecule has 9 heteroatoms. The molecule has 0 rings (SSSR count). The van der Waals surface area contributed by atoms with Crippen molar-refractivity contribution < 1.29 is 38.4 Å². The summed E-state index contributed by atoms with van der Waals surface area (Å²) in [5.41, 5.74) is -2.97. The van der Waals surface area contributed by atoms with Gasteiger partial charge in [-0.3, -0.25) is 4.90 Å². The van der Waals surface area contributed by atoms with E-state index in [0.29, 0.717) is 45.6 Å². The molecule has 9 nitrogen and oxygen atoms in total. The summed E-state index contributed by atoms with van der Waals surface area (Å²) in [6, 6.07) is 0. The lowest BCUT2D eigenvalue weighted by Gasteiger charge is -2.36. The minimum atomic E-state index is -0.869. The van der Waals surface area contributed by atoms with Crippen molar-refractivity contribution in [2.45, 2.75) is 123 Å². The Morgan fingerprint density at radius 2 is 1.39 bits per heavy atom. The molecule has 0 heterocycles. The number of carbonyl (C=O) groups excluding carboxylic acids is 2. The van der Waals surface area contributed by atoms with Crippen molar-refractivity contribution in [1.29, 1.82) is 0 Å². The zero-order chi connectivity index (χ0) is 29.8. The average molecular weight is 546 g/mol. The van der Waals surface area contributed by atoms with Gasteiger partial charge in [0.2, 0.25) is 0 Å². The maximum absolute atomic E-state index is 12.3. The summed E-state index contributed by atoms with van der Waals surface area (Å²) < 4.78 is 28.9. The molecule has 1 atom stereocenters. The molecule has 0 fully saturated rings. The van der Waals surface area contributed by atoms with Crippen LogP contribution in [0.2, 0.25) is 0 Å². The minimum absolute atomic E-state index is 0.152. The second-order valence-electron chi connectivity index (χ2n) is 12.4. The van der Waals surface area contributed by atoms with E-state index >= 15 is 0 Å². The molecule has 0 saturated carbocycles. The van der Waals surface area contributed by atoms with Crippen LogP contribution in [0.1, 0.15) is 94.9 Å². The summed E-state index contributed by atoms with van der Waals surface area (Å²) in [6.07, 6.45) is 2.03. The summed E-state index contributed by atoms with van der Waals surface area (Å²) in [6.45, 7) is 24.7. The van der Waals surface area contributed by atoms with Crippen LogP contribution in [0.25, 0.3) is 0 Å². The van der Waals surface area contributed by atoms with E-state index in [1.54, 1.807) is 34.6 Å². The quantitative estimate of drug-likeness (QED) is 0.0770. The molecule has 1 N–H and O–H groups in total. The van der Waals surface area contributed by atoms with Crippen LogP contribution < -0.4 is 0 Å². The van der Waals surface area contributed by atoms with E-state index in [4.69, 9.17) is 23.7 Å². The van der Waals surface area contributed by atoms with Crippen LogP contribution in [0, 0.1) is 0 Å². The first-order chi connectivity index (χ1) is 17.2. The molecule has 0 aliphatic heterocycles. The van der Waals surface area contributed by atoms with Crippen molar-refractivity contribution in [2.75, 3.05) is 40.1 Å². The van der Waals surface area contributed by atoms with Gasteiger partial charge in [-0.05, 0) is 82.3 Å². The molecule has 0 spiro atoms. The van der Waals surface area contributed by atoms with Crippen molar-refractivity contribution >= 4 is 11.9 Å². The van der Waals surface area contributed by atoms with E-state index in [1.165, 1.54) is 0 Å². The standard InChI is InChI=1S/C29H55NO8/c1-13-30(12)21-37-29(10,11)20-23(35-17-15-26(4,5)33)19-28(8,9)36-18-16-27(6,7)38-25(32)22(3)24(31)34-14-2/h23,33H,3,13-21H2,1-2,4-12H3. The number of hydrogen-bond donors (Lipinski definition) is 1. The predicted octanol–water partition coefficient (Wildman–Crippen LogP) is 4.64. The molecule has 0 amide bonds. The molecule has 0 aliphatic rings. The Morgan fingerprint density at radius 1 is 0.842 bits per heavy atom. The van der Waals surface area contributed by atoms with Gasteiger partial charge in [-0.25, -0.2) is 9.59 Å². The molecule has 224 valence electrons. The molecule has 0 aliphatic carbocycles. The maximum atomic E-state index is 12.3. The first-order valence-corrected chi connectivity index (χ1v) is 13.6. The lowest BCUT2D eigenvalue weighted by atomic mass is 9.92. The van der Waals surface area contributed by atoms with Crippen LogP contribution in [0.4, 0.5) is 0 Å². The number of esters is 2. The Hall–Kier alpha value is -1.52. The van der Waals surface area contributed by atoms with Gasteiger partial charge in [-0.1, -0.05) is 13.5 Å². The van der Waals surface area contributed by atoms with Gasteiger partial charge in [-0.15, -0.1) is 0 Å². The van der Waals surface area contributed by atoms with Gasteiger partial charge < -0.3 is 28.8 Å². The highest BCUT2D eigenvalue weighted by Crippen LogP contribution is 2.28. The largest absolute Gasteiger partial charge is 0.462 e. The van der Waals surface area contributed by atoms with Gasteiger partial charge in [0.25, 0.3) is 0 Å². The van der Waals surface area contributed by atoms with Crippen LogP contribution in [0.15, 0.2) is 12.2 Å². The molecule has 0 aromatic heterocycles. The molecule has 1 unspecified atom stereocenters. The number of ether oxygens (including phenoxy) is 5. The van der Waals surface area contributed by atoms with Crippen LogP contribution in [0.5, 0.6) is 0 Å². The Labute approximate surface area is 231 Å². The SMILES string of the molecule is C=C(C(=O)OCC)C(=O)OC(C)(C)CCOC(C)(C)CC(CC(C)(C)OCN(C)CC)OCCC(C)(C)O. The van der Waals surface area contributed by atoms with E-state index in [1.807, 2.05) is 20.9 Å². The lowest BCUT2D eigenvalue weighted by molar-refractivity contribution is -0.158. The van der Waals surface area contributed by atoms with Crippen molar-refractivity contribution in [3.8, 4) is 0 Å². The number of aliphatic hydroxyl groups is 1. The maximum Gasteiger partial charge on any atom is 0.345 e. The van der Waals surface area contributed by atoms with Crippen LogP contribution >= 0.6 is 0 Å². The smallest absolute Gasteiger partial charge is 0.345 e. The van der Waals surface area contributed by atoms with Gasteiger partial charge in [-0.2, -0.15) is 0 Å². The molecule has 0 bridgehead atoms. The molecular weight excluding hydrogens is 490 g/mol. The fraction of sp³-hybridized carbons (Fsp3) is 0.862. The molecule has 0 radical (unpaired) electrons. The molecule has 0 aromatic rings. The van der Waals surface area contributed by atoms with Crippen LogP contribution in [-0.4, -0.2) is 90.6 Å². The van der Waals surface area contributed by atoms with Gasteiger partial charge >= 0.3 is 11.9 Å². The molecular formula is C29H55NO8. The van der Waals surface area contributed by atoms with Crippen LogP contribution in [-0.2, 0) is 33.3 Å². The zero-order valence-corrected chi connectivity index (χ0v) is 25.9. The summed E-state index contributed by atoms with van der Waals surface area (Å²) in [7, 11) is 2.01. The van der Waals surface area contributed by atoms with Crippen LogP contribution in [0.3, 0.4) is 0 Å². The third-order valence-electron chi connectivity index (χ3n) is 6.06.